The zero-order valence-corrected chi connectivity index (χ0v) is 8.21. The average Bonchev–Trinajstić information content (AvgIpc) is 2.31. The summed E-state index contributed by atoms with van der Waals surface area (Å²) in [5.41, 5.74) is 0.303. The maximum absolute atomic E-state index is 10.9. The van der Waals surface area contributed by atoms with Crippen LogP contribution in [0.3, 0.4) is 0 Å². The van der Waals surface area contributed by atoms with Gasteiger partial charge in [0, 0.05) is 5.92 Å². The lowest BCUT2D eigenvalue weighted by molar-refractivity contribution is -0.138. The van der Waals surface area contributed by atoms with Gasteiger partial charge in [0.2, 0.25) is 0 Å². The third kappa shape index (κ3) is 0.773. The van der Waals surface area contributed by atoms with Gasteiger partial charge in [0.1, 0.15) is 6.29 Å². The molecule has 68 valence electrons. The van der Waals surface area contributed by atoms with E-state index in [-0.39, 0.29) is 0 Å². The van der Waals surface area contributed by atoms with Gasteiger partial charge in [-0.2, -0.15) is 0 Å². The van der Waals surface area contributed by atoms with Crippen LogP contribution in [0.2, 0.25) is 0 Å². The molecule has 4 atom stereocenters. The molecule has 0 spiro atoms. The van der Waals surface area contributed by atoms with Crippen molar-refractivity contribution in [1.29, 1.82) is 0 Å². The van der Waals surface area contributed by atoms with Crippen molar-refractivity contribution in [2.45, 2.75) is 33.6 Å². The van der Waals surface area contributed by atoms with Crippen LogP contribution in [0.1, 0.15) is 33.6 Å². The molecule has 0 unspecified atom stereocenters. The molecule has 2 rings (SSSR count). The van der Waals surface area contributed by atoms with Crippen LogP contribution in [-0.4, -0.2) is 6.29 Å². The van der Waals surface area contributed by atoms with Crippen molar-refractivity contribution < 1.29 is 4.79 Å². The van der Waals surface area contributed by atoms with Crippen LogP contribution in [-0.2, 0) is 4.79 Å². The van der Waals surface area contributed by atoms with Gasteiger partial charge in [-0.05, 0) is 29.6 Å². The molecular formula is C11H18O. The van der Waals surface area contributed by atoms with Crippen molar-refractivity contribution in [2.24, 2.45) is 29.1 Å². The Morgan fingerprint density at radius 1 is 1.33 bits per heavy atom. The van der Waals surface area contributed by atoms with Crippen LogP contribution in [0, 0.1) is 29.1 Å². The molecule has 0 radical (unpaired) electrons. The molecule has 2 aliphatic rings. The normalized spacial score (nSPS) is 49.6. The number of carbonyl (C=O) groups is 1. The summed E-state index contributed by atoms with van der Waals surface area (Å²) in [6.45, 7) is 6.81. The largest absolute Gasteiger partial charge is 0.303 e. The van der Waals surface area contributed by atoms with Crippen molar-refractivity contribution >= 4 is 6.29 Å². The van der Waals surface area contributed by atoms with Gasteiger partial charge in [0.15, 0.2) is 0 Å². The fourth-order valence-electron chi connectivity index (χ4n) is 3.59. The van der Waals surface area contributed by atoms with Gasteiger partial charge in [0.25, 0.3) is 0 Å². The average molecular weight is 166 g/mol. The van der Waals surface area contributed by atoms with Crippen molar-refractivity contribution in [2.75, 3.05) is 0 Å². The SMILES string of the molecule is C[C@H]1CC[C@H]2[C@@H]1[C@H](C=O)C2(C)C. The zero-order chi connectivity index (χ0) is 8.93. The zero-order valence-electron chi connectivity index (χ0n) is 8.21. The van der Waals surface area contributed by atoms with E-state index in [2.05, 4.69) is 20.8 Å². The predicted molar refractivity (Wildman–Crippen MR) is 48.7 cm³/mol. The number of hydrogen-bond acceptors (Lipinski definition) is 1. The number of aldehydes is 1. The molecule has 1 heteroatoms. The Balaban J connectivity index is 2.21. The first-order valence-corrected chi connectivity index (χ1v) is 5.04. The summed E-state index contributed by atoms with van der Waals surface area (Å²) >= 11 is 0. The Hall–Kier alpha value is -0.330. The van der Waals surface area contributed by atoms with E-state index in [9.17, 15) is 4.79 Å². The number of rotatable bonds is 1. The minimum absolute atomic E-state index is 0.303. The monoisotopic (exact) mass is 166 g/mol. The van der Waals surface area contributed by atoms with Gasteiger partial charge in [-0.15, -0.1) is 0 Å². The number of fused-ring (bicyclic) bond motifs is 1. The summed E-state index contributed by atoms with van der Waals surface area (Å²) in [5, 5.41) is 0. The summed E-state index contributed by atoms with van der Waals surface area (Å²) in [4.78, 5) is 10.9. The molecule has 12 heavy (non-hydrogen) atoms. The van der Waals surface area contributed by atoms with Gasteiger partial charge < -0.3 is 4.79 Å². The first-order valence-electron chi connectivity index (χ1n) is 5.04. The molecule has 0 bridgehead atoms. The Morgan fingerprint density at radius 3 is 2.58 bits per heavy atom. The van der Waals surface area contributed by atoms with Crippen LogP contribution in [0.5, 0.6) is 0 Å². The van der Waals surface area contributed by atoms with E-state index in [1.807, 2.05) is 0 Å². The highest BCUT2D eigenvalue weighted by molar-refractivity contribution is 5.58. The van der Waals surface area contributed by atoms with Gasteiger partial charge in [-0.25, -0.2) is 0 Å². The molecule has 1 nitrogen and oxygen atoms in total. The Kier molecular flexibility index (Phi) is 1.61. The van der Waals surface area contributed by atoms with Gasteiger partial charge in [-0.3, -0.25) is 0 Å². The minimum atomic E-state index is 0.303. The molecule has 2 aliphatic carbocycles. The first-order chi connectivity index (χ1) is 5.59. The highest BCUT2D eigenvalue weighted by Gasteiger charge is 2.59. The fraction of sp³-hybridized carbons (Fsp3) is 0.909. The Bertz CT molecular complexity index is 207. The Morgan fingerprint density at radius 2 is 2.00 bits per heavy atom. The van der Waals surface area contributed by atoms with E-state index >= 15 is 0 Å². The van der Waals surface area contributed by atoms with Gasteiger partial charge >= 0.3 is 0 Å². The van der Waals surface area contributed by atoms with Crippen molar-refractivity contribution in [3.63, 3.8) is 0 Å². The van der Waals surface area contributed by atoms with Crippen molar-refractivity contribution in [3.05, 3.63) is 0 Å². The lowest BCUT2D eigenvalue weighted by Gasteiger charge is -2.55. The van der Waals surface area contributed by atoms with E-state index in [1.54, 1.807) is 0 Å². The van der Waals surface area contributed by atoms with E-state index in [1.165, 1.54) is 19.1 Å². The molecule has 0 heterocycles. The van der Waals surface area contributed by atoms with Crippen LogP contribution in [0.25, 0.3) is 0 Å². The summed E-state index contributed by atoms with van der Waals surface area (Å²) in [6.07, 6.45) is 3.88. The number of carbonyl (C=O) groups excluding carboxylic acids is 1. The summed E-state index contributed by atoms with van der Waals surface area (Å²) in [6, 6.07) is 0. The van der Waals surface area contributed by atoms with E-state index in [4.69, 9.17) is 0 Å². The molecule has 0 aromatic carbocycles. The molecule has 0 aromatic rings. The highest BCUT2D eigenvalue weighted by Crippen LogP contribution is 2.63. The lowest BCUT2D eigenvalue weighted by Crippen LogP contribution is -2.53. The third-order valence-electron chi connectivity index (χ3n) is 4.43. The molecule has 0 aromatic heterocycles. The van der Waals surface area contributed by atoms with Gasteiger partial charge in [0.05, 0.1) is 0 Å². The second kappa shape index (κ2) is 2.34. The van der Waals surface area contributed by atoms with Crippen LogP contribution < -0.4 is 0 Å². The predicted octanol–water partition coefficient (Wildman–Crippen LogP) is 2.50. The standard InChI is InChI=1S/C11H18O/c1-7-4-5-8-10(7)9(6-12)11(8,2)3/h6-10H,4-5H2,1-3H3/t7-,8-,9-,10+/m0/s1. The topological polar surface area (TPSA) is 17.1 Å². The summed E-state index contributed by atoms with van der Waals surface area (Å²) < 4.78 is 0. The number of hydrogen-bond donors (Lipinski definition) is 0. The van der Waals surface area contributed by atoms with E-state index in [0.717, 1.165) is 17.8 Å². The smallest absolute Gasteiger partial charge is 0.123 e. The fourth-order valence-corrected chi connectivity index (χ4v) is 3.59. The second-order valence-electron chi connectivity index (χ2n) is 5.22. The summed E-state index contributed by atoms with van der Waals surface area (Å²) in [7, 11) is 0. The molecule has 0 aliphatic heterocycles. The van der Waals surface area contributed by atoms with Crippen LogP contribution in [0.15, 0.2) is 0 Å². The molecule has 2 saturated carbocycles. The van der Waals surface area contributed by atoms with E-state index < -0.39 is 0 Å². The maximum atomic E-state index is 10.9. The highest BCUT2D eigenvalue weighted by atomic mass is 16.1. The van der Waals surface area contributed by atoms with Crippen LogP contribution >= 0.6 is 0 Å². The molecular weight excluding hydrogens is 148 g/mol. The van der Waals surface area contributed by atoms with E-state index in [0.29, 0.717) is 11.3 Å². The van der Waals surface area contributed by atoms with Crippen molar-refractivity contribution in [1.82, 2.24) is 0 Å². The Labute approximate surface area is 74.5 Å². The van der Waals surface area contributed by atoms with Crippen molar-refractivity contribution in [3.8, 4) is 0 Å². The molecule has 0 saturated heterocycles. The van der Waals surface area contributed by atoms with Gasteiger partial charge in [-0.1, -0.05) is 27.2 Å². The molecule has 0 amide bonds. The summed E-state index contributed by atoms with van der Waals surface area (Å²) in [5.74, 6) is 2.69. The quantitative estimate of drug-likeness (QED) is 0.547. The molecule has 2 fully saturated rings. The third-order valence-corrected chi connectivity index (χ3v) is 4.43. The first kappa shape index (κ1) is 8.28. The minimum Gasteiger partial charge on any atom is -0.303 e. The van der Waals surface area contributed by atoms with Crippen LogP contribution in [0.4, 0.5) is 0 Å². The molecule has 0 N–H and O–H groups in total. The maximum Gasteiger partial charge on any atom is 0.123 e. The lowest BCUT2D eigenvalue weighted by atomic mass is 9.49. The second-order valence-corrected chi connectivity index (χ2v) is 5.22.